The summed E-state index contributed by atoms with van der Waals surface area (Å²) in [6, 6.07) is 3.67. The van der Waals surface area contributed by atoms with Crippen LogP contribution < -0.4 is 20.1 Å². The summed E-state index contributed by atoms with van der Waals surface area (Å²) in [4.78, 5) is 13.7. The molecule has 1 aliphatic heterocycles. The van der Waals surface area contributed by atoms with Crippen molar-refractivity contribution in [3.05, 3.63) is 12.1 Å². The number of likely N-dealkylation sites (N-methyl/N-ethyl adjacent to an activating group) is 1. The minimum Gasteiger partial charge on any atom is -0.493 e. The Morgan fingerprint density at radius 2 is 1.74 bits per heavy atom. The van der Waals surface area contributed by atoms with Crippen LogP contribution in [0, 0.1) is 0 Å². The second kappa shape index (κ2) is 6.45. The summed E-state index contributed by atoms with van der Waals surface area (Å²) in [6.45, 7) is 3.91. The summed E-state index contributed by atoms with van der Waals surface area (Å²) in [7, 11) is 5.35. The molecule has 0 saturated carbocycles. The van der Waals surface area contributed by atoms with Crippen molar-refractivity contribution in [2.45, 2.75) is 6.42 Å². The van der Waals surface area contributed by atoms with E-state index in [0.717, 1.165) is 43.5 Å². The third kappa shape index (κ3) is 3.10. The summed E-state index contributed by atoms with van der Waals surface area (Å²) in [6.07, 6.45) is 1.09. The van der Waals surface area contributed by atoms with Gasteiger partial charge in [-0.25, -0.2) is 4.98 Å². The lowest BCUT2D eigenvalue weighted by atomic mass is 10.2. The zero-order chi connectivity index (χ0) is 16.4. The molecule has 0 amide bonds. The molecule has 0 spiro atoms. The first-order valence-electron chi connectivity index (χ1n) is 7.75. The average molecular weight is 317 g/mol. The number of anilines is 2. The van der Waals surface area contributed by atoms with Gasteiger partial charge >= 0.3 is 0 Å². The number of nitrogen functional groups attached to an aromatic ring is 1. The molecule has 2 aromatic rings. The number of methoxy groups -OCH3 is 2. The summed E-state index contributed by atoms with van der Waals surface area (Å²) < 4.78 is 10.7. The van der Waals surface area contributed by atoms with Crippen LogP contribution in [0.4, 0.5) is 11.8 Å². The van der Waals surface area contributed by atoms with Crippen molar-refractivity contribution < 1.29 is 9.47 Å². The first-order chi connectivity index (χ1) is 11.1. The average Bonchev–Trinajstić information content (AvgIpc) is 2.78. The predicted molar refractivity (Wildman–Crippen MR) is 91.4 cm³/mol. The quantitative estimate of drug-likeness (QED) is 0.916. The lowest BCUT2D eigenvalue weighted by Crippen LogP contribution is -2.30. The third-order valence-electron chi connectivity index (χ3n) is 4.22. The SMILES string of the molecule is COc1cc2nc(N3CCCN(C)CC3)nc(N)c2cc1OC. The molecule has 1 aliphatic rings. The first kappa shape index (κ1) is 15.6. The van der Waals surface area contributed by atoms with Crippen molar-refractivity contribution >= 4 is 22.7 Å². The molecule has 1 saturated heterocycles. The molecule has 2 N–H and O–H groups in total. The Bertz CT molecular complexity index is 706. The van der Waals surface area contributed by atoms with E-state index in [1.165, 1.54) is 0 Å². The highest BCUT2D eigenvalue weighted by Crippen LogP contribution is 2.34. The summed E-state index contributed by atoms with van der Waals surface area (Å²) in [5, 5.41) is 0.776. The fourth-order valence-electron chi connectivity index (χ4n) is 2.85. The zero-order valence-electron chi connectivity index (χ0n) is 13.9. The van der Waals surface area contributed by atoms with Gasteiger partial charge in [0, 0.05) is 31.1 Å². The van der Waals surface area contributed by atoms with Crippen LogP contribution in [0.15, 0.2) is 12.1 Å². The molecular weight excluding hydrogens is 294 g/mol. The van der Waals surface area contributed by atoms with Crippen LogP contribution in [0.1, 0.15) is 6.42 Å². The topological polar surface area (TPSA) is 76.7 Å². The van der Waals surface area contributed by atoms with Gasteiger partial charge in [0.25, 0.3) is 0 Å². The number of aromatic nitrogens is 2. The van der Waals surface area contributed by atoms with E-state index in [1.54, 1.807) is 14.2 Å². The van der Waals surface area contributed by atoms with Gasteiger partial charge in [0.05, 0.1) is 19.7 Å². The molecular formula is C16H23N5O2. The maximum Gasteiger partial charge on any atom is 0.227 e. The van der Waals surface area contributed by atoms with Crippen LogP contribution in [-0.4, -0.2) is 62.3 Å². The van der Waals surface area contributed by atoms with Crippen molar-refractivity contribution in [1.82, 2.24) is 14.9 Å². The second-order valence-corrected chi connectivity index (χ2v) is 5.78. The fraction of sp³-hybridized carbons (Fsp3) is 0.500. The molecule has 0 radical (unpaired) electrons. The van der Waals surface area contributed by atoms with Crippen molar-refractivity contribution in [1.29, 1.82) is 0 Å². The highest BCUT2D eigenvalue weighted by Gasteiger charge is 2.18. The Labute approximate surface area is 136 Å². The molecule has 124 valence electrons. The number of hydrogen-bond donors (Lipinski definition) is 1. The van der Waals surface area contributed by atoms with Gasteiger partial charge in [-0.15, -0.1) is 0 Å². The van der Waals surface area contributed by atoms with Gasteiger partial charge < -0.3 is 25.0 Å². The van der Waals surface area contributed by atoms with E-state index in [-0.39, 0.29) is 0 Å². The normalized spacial score (nSPS) is 16.4. The van der Waals surface area contributed by atoms with Crippen LogP contribution >= 0.6 is 0 Å². The van der Waals surface area contributed by atoms with Crippen LogP contribution in [0.2, 0.25) is 0 Å². The smallest absolute Gasteiger partial charge is 0.227 e. The summed E-state index contributed by atoms with van der Waals surface area (Å²) in [5.41, 5.74) is 6.93. The largest absolute Gasteiger partial charge is 0.493 e. The Morgan fingerprint density at radius 3 is 2.48 bits per heavy atom. The monoisotopic (exact) mass is 317 g/mol. The van der Waals surface area contributed by atoms with Gasteiger partial charge in [0.1, 0.15) is 5.82 Å². The Hall–Kier alpha value is -2.28. The van der Waals surface area contributed by atoms with E-state index >= 15 is 0 Å². The molecule has 1 aromatic carbocycles. The number of nitrogens with zero attached hydrogens (tertiary/aromatic N) is 4. The molecule has 7 nitrogen and oxygen atoms in total. The minimum absolute atomic E-state index is 0.462. The molecule has 7 heteroatoms. The van der Waals surface area contributed by atoms with Crippen LogP contribution in [0.25, 0.3) is 10.9 Å². The Morgan fingerprint density at radius 1 is 1.00 bits per heavy atom. The number of fused-ring (bicyclic) bond motifs is 1. The van der Waals surface area contributed by atoms with E-state index in [9.17, 15) is 0 Å². The molecule has 0 atom stereocenters. The minimum atomic E-state index is 0.462. The second-order valence-electron chi connectivity index (χ2n) is 5.78. The van der Waals surface area contributed by atoms with E-state index in [4.69, 9.17) is 20.2 Å². The van der Waals surface area contributed by atoms with E-state index < -0.39 is 0 Å². The fourth-order valence-corrected chi connectivity index (χ4v) is 2.85. The number of ether oxygens (including phenoxy) is 2. The maximum atomic E-state index is 6.16. The van der Waals surface area contributed by atoms with Crippen LogP contribution in [-0.2, 0) is 0 Å². The predicted octanol–water partition coefficient (Wildman–Crippen LogP) is 1.37. The standard InChI is InChI=1S/C16H23N5O2/c1-20-5-4-6-21(8-7-20)16-18-12-10-14(23-3)13(22-2)9-11(12)15(17)19-16/h9-10H,4-8H2,1-3H3,(H2,17,18,19). The molecule has 0 unspecified atom stereocenters. The summed E-state index contributed by atoms with van der Waals surface area (Å²) >= 11 is 0. The molecule has 23 heavy (non-hydrogen) atoms. The first-order valence-corrected chi connectivity index (χ1v) is 7.75. The number of benzene rings is 1. The molecule has 1 aromatic heterocycles. The Balaban J connectivity index is 2.02. The highest BCUT2D eigenvalue weighted by molar-refractivity contribution is 5.91. The van der Waals surface area contributed by atoms with Gasteiger partial charge in [-0.1, -0.05) is 0 Å². The third-order valence-corrected chi connectivity index (χ3v) is 4.22. The van der Waals surface area contributed by atoms with E-state index in [1.807, 2.05) is 12.1 Å². The van der Waals surface area contributed by atoms with Crippen LogP contribution in [0.3, 0.4) is 0 Å². The summed E-state index contributed by atoms with van der Waals surface area (Å²) in [5.74, 6) is 2.40. The maximum absolute atomic E-state index is 6.16. The van der Waals surface area contributed by atoms with Crippen LogP contribution in [0.5, 0.6) is 11.5 Å². The van der Waals surface area contributed by atoms with Crippen molar-refractivity contribution in [2.24, 2.45) is 0 Å². The lowest BCUT2D eigenvalue weighted by Gasteiger charge is -2.21. The molecule has 0 aliphatic carbocycles. The number of hydrogen-bond acceptors (Lipinski definition) is 7. The molecule has 1 fully saturated rings. The zero-order valence-corrected chi connectivity index (χ0v) is 13.9. The van der Waals surface area contributed by atoms with Crippen molar-refractivity contribution in [3.63, 3.8) is 0 Å². The number of nitrogens with two attached hydrogens (primary N) is 1. The highest BCUT2D eigenvalue weighted by atomic mass is 16.5. The van der Waals surface area contributed by atoms with E-state index in [2.05, 4.69) is 21.8 Å². The van der Waals surface area contributed by atoms with E-state index in [0.29, 0.717) is 23.3 Å². The van der Waals surface area contributed by atoms with Crippen molar-refractivity contribution in [2.75, 3.05) is 58.1 Å². The molecule has 3 rings (SSSR count). The lowest BCUT2D eigenvalue weighted by molar-refractivity contribution is 0.356. The Kier molecular flexibility index (Phi) is 4.38. The number of rotatable bonds is 3. The van der Waals surface area contributed by atoms with Gasteiger partial charge in [-0.3, -0.25) is 0 Å². The van der Waals surface area contributed by atoms with Crippen molar-refractivity contribution in [3.8, 4) is 11.5 Å². The molecule has 2 heterocycles. The molecule has 0 bridgehead atoms. The van der Waals surface area contributed by atoms with Gasteiger partial charge in [-0.2, -0.15) is 4.98 Å². The van der Waals surface area contributed by atoms with Gasteiger partial charge in [0.2, 0.25) is 5.95 Å². The van der Waals surface area contributed by atoms with Gasteiger partial charge in [0.15, 0.2) is 11.5 Å². The van der Waals surface area contributed by atoms with Gasteiger partial charge in [-0.05, 0) is 26.1 Å².